The molecule has 1 fully saturated rings. The second-order valence-electron chi connectivity index (χ2n) is 7.96. The molecule has 0 bridgehead atoms. The van der Waals surface area contributed by atoms with Gasteiger partial charge in [-0.15, -0.1) is 10.2 Å². The van der Waals surface area contributed by atoms with Crippen molar-refractivity contribution in [3.63, 3.8) is 0 Å². The van der Waals surface area contributed by atoms with Gasteiger partial charge in [0.25, 0.3) is 0 Å². The molecule has 0 spiro atoms. The Hall–Kier alpha value is -2.58. The van der Waals surface area contributed by atoms with Gasteiger partial charge in [-0.25, -0.2) is 0 Å². The van der Waals surface area contributed by atoms with Crippen LogP contribution in [0.5, 0.6) is 0 Å². The topological polar surface area (TPSA) is 67.4 Å². The molecule has 1 saturated heterocycles. The molecule has 3 aromatic rings. The summed E-state index contributed by atoms with van der Waals surface area (Å²) in [5.41, 5.74) is 1.02. The molecule has 0 N–H and O–H groups in total. The number of carbonyl (C=O) groups excluding carboxylic acids is 1. The molecule has 1 aliphatic rings. The Kier molecular flexibility index (Phi) is 7.09. The van der Waals surface area contributed by atoms with Crippen molar-refractivity contribution in [1.82, 2.24) is 24.6 Å². The zero-order chi connectivity index (χ0) is 21.6. The molecule has 31 heavy (non-hydrogen) atoms. The van der Waals surface area contributed by atoms with Crippen LogP contribution in [0.2, 0.25) is 0 Å². The van der Waals surface area contributed by atoms with E-state index in [2.05, 4.69) is 31.8 Å². The summed E-state index contributed by atoms with van der Waals surface area (Å²) in [6, 6.07) is 14.0. The lowest BCUT2D eigenvalue weighted by molar-refractivity contribution is -0.127. The minimum absolute atomic E-state index is 0.0271. The van der Waals surface area contributed by atoms with E-state index < -0.39 is 0 Å². The number of carbonyl (C=O) groups is 1. The van der Waals surface area contributed by atoms with E-state index >= 15 is 0 Å². The van der Waals surface area contributed by atoms with Crippen molar-refractivity contribution in [1.29, 1.82) is 0 Å². The second kappa shape index (κ2) is 10.2. The molecule has 7 nitrogen and oxygen atoms in total. The van der Waals surface area contributed by atoms with Crippen LogP contribution in [0.1, 0.15) is 36.6 Å². The molecule has 2 aromatic heterocycles. The highest BCUT2D eigenvalue weighted by atomic mass is 32.2. The summed E-state index contributed by atoms with van der Waals surface area (Å²) in [4.78, 5) is 16.8. The van der Waals surface area contributed by atoms with E-state index in [0.717, 1.165) is 47.8 Å². The quantitative estimate of drug-likeness (QED) is 0.496. The van der Waals surface area contributed by atoms with E-state index in [4.69, 9.17) is 4.42 Å². The molecule has 3 heterocycles. The first-order valence-corrected chi connectivity index (χ1v) is 11.7. The molecular formula is C23H29N5O2S. The van der Waals surface area contributed by atoms with Gasteiger partial charge in [-0.2, -0.15) is 0 Å². The number of amides is 1. The SMILES string of the molecule is Cc1ccc(CN(C)C(=O)CSc2nnc(CN3CCCCC3)n2-c2ccccc2)o1. The molecule has 0 radical (unpaired) electrons. The molecule has 1 aromatic carbocycles. The van der Waals surface area contributed by atoms with E-state index in [9.17, 15) is 4.79 Å². The molecule has 0 unspecified atom stereocenters. The van der Waals surface area contributed by atoms with Crippen LogP contribution in [0.4, 0.5) is 0 Å². The van der Waals surface area contributed by atoms with Crippen molar-refractivity contribution in [2.24, 2.45) is 0 Å². The predicted octanol–water partition coefficient (Wildman–Crippen LogP) is 3.91. The largest absolute Gasteiger partial charge is 0.464 e. The Bertz CT molecular complexity index is 995. The fourth-order valence-corrected chi connectivity index (χ4v) is 4.69. The van der Waals surface area contributed by atoms with E-state index in [1.54, 1.807) is 11.9 Å². The van der Waals surface area contributed by atoms with Gasteiger partial charge in [-0.05, 0) is 57.1 Å². The Morgan fingerprint density at radius 1 is 1.10 bits per heavy atom. The summed E-state index contributed by atoms with van der Waals surface area (Å²) in [6.45, 7) is 5.32. The molecular weight excluding hydrogens is 410 g/mol. The van der Waals surface area contributed by atoms with Crippen molar-refractivity contribution in [2.45, 2.75) is 44.4 Å². The lowest BCUT2D eigenvalue weighted by Gasteiger charge is -2.26. The number of furan rings is 1. The maximum Gasteiger partial charge on any atom is 0.233 e. The number of hydrogen-bond acceptors (Lipinski definition) is 6. The van der Waals surface area contributed by atoms with E-state index in [1.165, 1.54) is 31.0 Å². The third kappa shape index (κ3) is 5.57. The number of likely N-dealkylation sites (tertiary alicyclic amines) is 1. The van der Waals surface area contributed by atoms with Gasteiger partial charge in [0.05, 0.1) is 18.8 Å². The van der Waals surface area contributed by atoms with Crippen LogP contribution in [0, 0.1) is 6.92 Å². The number of thioether (sulfide) groups is 1. The van der Waals surface area contributed by atoms with Crippen molar-refractivity contribution in [3.05, 3.63) is 59.8 Å². The fourth-order valence-electron chi connectivity index (χ4n) is 3.78. The minimum atomic E-state index is 0.0271. The standard InChI is InChI=1S/C23H29N5O2S/c1-18-11-12-20(30-18)15-26(2)22(29)17-31-23-25-24-21(16-27-13-7-4-8-14-27)28(23)19-9-5-3-6-10-19/h3,5-6,9-12H,4,7-8,13-17H2,1-2H3. The molecule has 8 heteroatoms. The van der Waals surface area contributed by atoms with Gasteiger partial charge in [0.1, 0.15) is 11.5 Å². The molecule has 1 aliphatic heterocycles. The number of para-hydroxylation sites is 1. The van der Waals surface area contributed by atoms with Crippen LogP contribution in [0.3, 0.4) is 0 Å². The van der Waals surface area contributed by atoms with Crippen molar-refractivity contribution in [3.8, 4) is 5.69 Å². The van der Waals surface area contributed by atoms with Crippen molar-refractivity contribution < 1.29 is 9.21 Å². The van der Waals surface area contributed by atoms with Gasteiger partial charge in [0.2, 0.25) is 5.91 Å². The summed E-state index contributed by atoms with van der Waals surface area (Å²) < 4.78 is 7.67. The maximum absolute atomic E-state index is 12.7. The maximum atomic E-state index is 12.7. The Morgan fingerprint density at radius 2 is 1.87 bits per heavy atom. The zero-order valence-electron chi connectivity index (χ0n) is 18.2. The minimum Gasteiger partial charge on any atom is -0.464 e. The number of hydrogen-bond donors (Lipinski definition) is 0. The van der Waals surface area contributed by atoms with Crippen LogP contribution < -0.4 is 0 Å². The molecule has 0 aliphatic carbocycles. The Labute approximate surface area is 187 Å². The van der Waals surface area contributed by atoms with Crippen LogP contribution in [0.15, 0.2) is 52.0 Å². The third-order valence-corrected chi connectivity index (χ3v) is 6.38. The summed E-state index contributed by atoms with van der Waals surface area (Å²) >= 11 is 1.43. The van der Waals surface area contributed by atoms with E-state index in [1.807, 2.05) is 37.3 Å². The number of nitrogens with zero attached hydrogens (tertiary/aromatic N) is 5. The molecule has 0 atom stereocenters. The number of piperidine rings is 1. The smallest absolute Gasteiger partial charge is 0.233 e. The Morgan fingerprint density at radius 3 is 2.58 bits per heavy atom. The molecule has 164 valence electrons. The van der Waals surface area contributed by atoms with Crippen molar-refractivity contribution >= 4 is 17.7 Å². The fraction of sp³-hybridized carbons (Fsp3) is 0.435. The molecule has 1 amide bonds. The van der Waals surface area contributed by atoms with E-state index in [0.29, 0.717) is 12.3 Å². The zero-order valence-corrected chi connectivity index (χ0v) is 19.0. The first-order valence-electron chi connectivity index (χ1n) is 10.7. The van der Waals surface area contributed by atoms with Crippen molar-refractivity contribution in [2.75, 3.05) is 25.9 Å². The number of rotatable bonds is 8. The van der Waals surface area contributed by atoms with E-state index in [-0.39, 0.29) is 5.91 Å². The lowest BCUT2D eigenvalue weighted by Crippen LogP contribution is -2.30. The Balaban J connectivity index is 1.46. The summed E-state index contributed by atoms with van der Waals surface area (Å²) in [5.74, 6) is 2.88. The normalized spacial score (nSPS) is 14.6. The van der Waals surface area contributed by atoms with Gasteiger partial charge < -0.3 is 9.32 Å². The van der Waals surface area contributed by atoms with Crippen LogP contribution in [0.25, 0.3) is 5.69 Å². The predicted molar refractivity (Wildman–Crippen MR) is 121 cm³/mol. The average Bonchev–Trinajstić information content (AvgIpc) is 3.38. The van der Waals surface area contributed by atoms with Gasteiger partial charge >= 0.3 is 0 Å². The van der Waals surface area contributed by atoms with Gasteiger partial charge in [-0.1, -0.05) is 36.4 Å². The number of aromatic nitrogens is 3. The highest BCUT2D eigenvalue weighted by molar-refractivity contribution is 7.99. The summed E-state index contributed by atoms with van der Waals surface area (Å²) in [5, 5.41) is 9.67. The van der Waals surface area contributed by atoms with Gasteiger partial charge in [0.15, 0.2) is 11.0 Å². The second-order valence-corrected chi connectivity index (χ2v) is 8.90. The van der Waals surface area contributed by atoms with Gasteiger partial charge in [0, 0.05) is 12.7 Å². The average molecular weight is 440 g/mol. The molecule has 0 saturated carbocycles. The van der Waals surface area contributed by atoms with Crippen LogP contribution in [-0.2, 0) is 17.9 Å². The summed E-state index contributed by atoms with van der Waals surface area (Å²) in [7, 11) is 1.80. The highest BCUT2D eigenvalue weighted by Crippen LogP contribution is 2.24. The lowest BCUT2D eigenvalue weighted by atomic mass is 10.1. The van der Waals surface area contributed by atoms with Crippen LogP contribution >= 0.6 is 11.8 Å². The van der Waals surface area contributed by atoms with Crippen LogP contribution in [-0.4, -0.2) is 56.4 Å². The summed E-state index contributed by atoms with van der Waals surface area (Å²) in [6.07, 6.45) is 3.77. The monoisotopic (exact) mass is 439 g/mol. The number of aryl methyl sites for hydroxylation is 1. The first-order chi connectivity index (χ1) is 15.1. The van der Waals surface area contributed by atoms with Gasteiger partial charge in [-0.3, -0.25) is 14.3 Å². The first kappa shape index (κ1) is 21.6. The third-order valence-electron chi connectivity index (χ3n) is 5.47. The highest BCUT2D eigenvalue weighted by Gasteiger charge is 2.20. The molecule has 4 rings (SSSR count). The number of benzene rings is 1.